The van der Waals surface area contributed by atoms with Gasteiger partial charge in [0.15, 0.2) is 11.5 Å². The molecule has 0 saturated carbocycles. The standard InChI is InChI=1S/C15H18N2O4/c18-14-4-2-11(8-17-14)15(19)16-6-5-10-1-3-12-13(7-10)21-9-20-12/h1,3,7,11H,2,4-6,8-9H2,(H,16,19)(H,17,18)/t11-/m0/s1. The number of piperidine rings is 1. The van der Waals surface area contributed by atoms with Crippen molar-refractivity contribution in [2.45, 2.75) is 19.3 Å². The largest absolute Gasteiger partial charge is 0.454 e. The predicted molar refractivity (Wildman–Crippen MR) is 75.0 cm³/mol. The molecule has 0 spiro atoms. The van der Waals surface area contributed by atoms with Crippen LogP contribution in [0.4, 0.5) is 0 Å². The molecule has 0 unspecified atom stereocenters. The highest BCUT2D eigenvalue weighted by Crippen LogP contribution is 2.32. The Morgan fingerprint density at radius 1 is 1.33 bits per heavy atom. The Morgan fingerprint density at radius 3 is 3.00 bits per heavy atom. The molecule has 6 heteroatoms. The summed E-state index contributed by atoms with van der Waals surface area (Å²) < 4.78 is 10.6. The Labute approximate surface area is 122 Å². The second kappa shape index (κ2) is 6.03. The van der Waals surface area contributed by atoms with Gasteiger partial charge in [0.1, 0.15) is 0 Å². The topological polar surface area (TPSA) is 76.7 Å². The molecule has 3 rings (SSSR count). The van der Waals surface area contributed by atoms with Gasteiger partial charge >= 0.3 is 0 Å². The Kier molecular flexibility index (Phi) is 3.94. The van der Waals surface area contributed by atoms with Gasteiger partial charge in [-0.1, -0.05) is 6.07 Å². The van der Waals surface area contributed by atoms with E-state index in [1.807, 2.05) is 18.2 Å². The van der Waals surface area contributed by atoms with Crippen molar-refractivity contribution < 1.29 is 19.1 Å². The smallest absolute Gasteiger partial charge is 0.231 e. The quantitative estimate of drug-likeness (QED) is 0.851. The van der Waals surface area contributed by atoms with Crippen molar-refractivity contribution in [2.75, 3.05) is 19.9 Å². The fourth-order valence-corrected chi connectivity index (χ4v) is 2.53. The lowest BCUT2D eigenvalue weighted by atomic mass is 9.98. The van der Waals surface area contributed by atoms with Crippen LogP contribution in [0.1, 0.15) is 18.4 Å². The molecule has 1 aromatic carbocycles. The molecule has 0 aromatic heterocycles. The van der Waals surface area contributed by atoms with E-state index in [-0.39, 0.29) is 24.5 Å². The molecule has 2 aliphatic heterocycles. The van der Waals surface area contributed by atoms with Gasteiger partial charge in [0.05, 0.1) is 5.92 Å². The van der Waals surface area contributed by atoms with E-state index in [1.54, 1.807) is 0 Å². The molecular formula is C15H18N2O4. The van der Waals surface area contributed by atoms with Crippen molar-refractivity contribution in [1.29, 1.82) is 0 Å². The average molecular weight is 290 g/mol. The molecule has 2 amide bonds. The van der Waals surface area contributed by atoms with E-state index < -0.39 is 0 Å². The van der Waals surface area contributed by atoms with Crippen LogP contribution in [0.3, 0.4) is 0 Å². The summed E-state index contributed by atoms with van der Waals surface area (Å²) in [5.41, 5.74) is 1.09. The zero-order chi connectivity index (χ0) is 14.7. The monoisotopic (exact) mass is 290 g/mol. The summed E-state index contributed by atoms with van der Waals surface area (Å²) in [5.74, 6) is 1.45. The van der Waals surface area contributed by atoms with Crippen molar-refractivity contribution in [2.24, 2.45) is 5.92 Å². The minimum Gasteiger partial charge on any atom is -0.454 e. The fraction of sp³-hybridized carbons (Fsp3) is 0.467. The third-order valence-electron chi connectivity index (χ3n) is 3.79. The average Bonchev–Trinajstić information content (AvgIpc) is 2.95. The SMILES string of the molecule is O=C1CC[C@H](C(=O)NCCc2ccc3c(c2)OCO3)CN1. The Bertz CT molecular complexity index is 549. The summed E-state index contributed by atoms with van der Waals surface area (Å²) in [6, 6.07) is 5.80. The third-order valence-corrected chi connectivity index (χ3v) is 3.79. The summed E-state index contributed by atoms with van der Waals surface area (Å²) in [6.45, 7) is 1.28. The summed E-state index contributed by atoms with van der Waals surface area (Å²) in [5, 5.41) is 5.64. The highest BCUT2D eigenvalue weighted by atomic mass is 16.7. The van der Waals surface area contributed by atoms with E-state index in [4.69, 9.17) is 9.47 Å². The first-order valence-corrected chi connectivity index (χ1v) is 7.15. The normalized spacial score (nSPS) is 20.0. The number of benzene rings is 1. The van der Waals surface area contributed by atoms with Crippen molar-refractivity contribution in [3.8, 4) is 11.5 Å². The maximum Gasteiger partial charge on any atom is 0.231 e. The summed E-state index contributed by atoms with van der Waals surface area (Å²) in [4.78, 5) is 23.0. The molecule has 6 nitrogen and oxygen atoms in total. The molecule has 1 aromatic rings. The lowest BCUT2D eigenvalue weighted by Gasteiger charge is -2.21. The van der Waals surface area contributed by atoms with Gasteiger partial charge in [0, 0.05) is 19.5 Å². The predicted octanol–water partition coefficient (Wildman–Crippen LogP) is 0.600. The molecule has 112 valence electrons. The number of carbonyl (C=O) groups is 2. The Hall–Kier alpha value is -2.24. The molecule has 1 fully saturated rings. The van der Waals surface area contributed by atoms with Crippen LogP contribution in [0.2, 0.25) is 0 Å². The molecular weight excluding hydrogens is 272 g/mol. The lowest BCUT2D eigenvalue weighted by Crippen LogP contribution is -2.43. The van der Waals surface area contributed by atoms with Crippen LogP contribution in [0.5, 0.6) is 11.5 Å². The molecule has 0 bridgehead atoms. The van der Waals surface area contributed by atoms with E-state index in [0.717, 1.165) is 23.5 Å². The van der Waals surface area contributed by atoms with Gasteiger partial charge in [-0.15, -0.1) is 0 Å². The van der Waals surface area contributed by atoms with Gasteiger partial charge in [-0.05, 0) is 30.5 Å². The Morgan fingerprint density at radius 2 is 2.19 bits per heavy atom. The van der Waals surface area contributed by atoms with Crippen LogP contribution in [-0.4, -0.2) is 31.7 Å². The second-order valence-electron chi connectivity index (χ2n) is 5.27. The van der Waals surface area contributed by atoms with Gasteiger partial charge in [0.25, 0.3) is 0 Å². The summed E-state index contributed by atoms with van der Waals surface area (Å²) >= 11 is 0. The number of carbonyl (C=O) groups excluding carboxylic acids is 2. The number of fused-ring (bicyclic) bond motifs is 1. The van der Waals surface area contributed by atoms with E-state index in [9.17, 15) is 9.59 Å². The van der Waals surface area contributed by atoms with Crippen LogP contribution >= 0.6 is 0 Å². The molecule has 1 saturated heterocycles. The van der Waals surface area contributed by atoms with Crippen LogP contribution in [0.15, 0.2) is 18.2 Å². The summed E-state index contributed by atoms with van der Waals surface area (Å²) in [7, 11) is 0. The van der Waals surface area contributed by atoms with E-state index in [0.29, 0.717) is 25.9 Å². The van der Waals surface area contributed by atoms with Gasteiger partial charge in [0.2, 0.25) is 18.6 Å². The molecule has 2 N–H and O–H groups in total. The van der Waals surface area contributed by atoms with E-state index in [2.05, 4.69) is 10.6 Å². The lowest BCUT2D eigenvalue weighted by molar-refractivity contribution is -0.128. The van der Waals surface area contributed by atoms with Crippen molar-refractivity contribution in [3.05, 3.63) is 23.8 Å². The Balaban J connectivity index is 1.45. The highest BCUT2D eigenvalue weighted by molar-refractivity contribution is 5.83. The summed E-state index contributed by atoms with van der Waals surface area (Å²) in [6.07, 6.45) is 1.80. The highest BCUT2D eigenvalue weighted by Gasteiger charge is 2.23. The van der Waals surface area contributed by atoms with Crippen LogP contribution < -0.4 is 20.1 Å². The van der Waals surface area contributed by atoms with Crippen molar-refractivity contribution in [1.82, 2.24) is 10.6 Å². The van der Waals surface area contributed by atoms with Crippen molar-refractivity contribution in [3.63, 3.8) is 0 Å². The zero-order valence-electron chi connectivity index (χ0n) is 11.7. The number of amides is 2. The van der Waals surface area contributed by atoms with Gasteiger partial charge in [-0.25, -0.2) is 0 Å². The minimum absolute atomic E-state index is 0.00995. The molecule has 0 aliphatic carbocycles. The van der Waals surface area contributed by atoms with Gasteiger partial charge < -0.3 is 20.1 Å². The molecule has 1 atom stereocenters. The fourth-order valence-electron chi connectivity index (χ4n) is 2.53. The maximum absolute atomic E-state index is 12.0. The first-order valence-electron chi connectivity index (χ1n) is 7.15. The van der Waals surface area contributed by atoms with E-state index >= 15 is 0 Å². The number of ether oxygens (including phenoxy) is 2. The van der Waals surface area contributed by atoms with Crippen molar-refractivity contribution >= 4 is 11.8 Å². The number of hydrogen-bond donors (Lipinski definition) is 2. The molecule has 21 heavy (non-hydrogen) atoms. The number of hydrogen-bond acceptors (Lipinski definition) is 4. The minimum atomic E-state index is -0.112. The zero-order valence-corrected chi connectivity index (χ0v) is 11.7. The molecule has 0 radical (unpaired) electrons. The third kappa shape index (κ3) is 3.26. The van der Waals surface area contributed by atoms with E-state index in [1.165, 1.54) is 0 Å². The van der Waals surface area contributed by atoms with Crippen LogP contribution in [0.25, 0.3) is 0 Å². The van der Waals surface area contributed by atoms with Gasteiger partial charge in [-0.3, -0.25) is 9.59 Å². The first kappa shape index (κ1) is 13.7. The number of rotatable bonds is 4. The van der Waals surface area contributed by atoms with Crippen LogP contribution in [-0.2, 0) is 16.0 Å². The van der Waals surface area contributed by atoms with Gasteiger partial charge in [-0.2, -0.15) is 0 Å². The number of nitrogens with one attached hydrogen (secondary N) is 2. The maximum atomic E-state index is 12.0. The second-order valence-corrected chi connectivity index (χ2v) is 5.27. The van der Waals surface area contributed by atoms with Crippen LogP contribution in [0, 0.1) is 5.92 Å². The molecule has 2 aliphatic rings. The first-order chi connectivity index (χ1) is 10.2. The molecule has 2 heterocycles.